The highest BCUT2D eigenvalue weighted by Gasteiger charge is 2.32. The third kappa shape index (κ3) is 5.73. The van der Waals surface area contributed by atoms with Gasteiger partial charge in [-0.2, -0.15) is 0 Å². The standard InChI is InChI=1S/C28H32N2O5/c1-2-15-30(17-27(32)33)26(31)16-19-9-3-8-14-25(19)29-28(34)35-18-24-22-12-6-4-10-20(22)21-11-5-7-13-23(21)24/h2,4-7,10-13,19,24-25H,1,3,8-9,14-18H2,(H,29,34)(H,32,33)/t19-,25-/m0/s1. The van der Waals surface area contributed by atoms with Crippen molar-refractivity contribution in [2.75, 3.05) is 19.7 Å². The van der Waals surface area contributed by atoms with E-state index in [9.17, 15) is 14.4 Å². The zero-order chi connectivity index (χ0) is 24.8. The second-order valence-corrected chi connectivity index (χ2v) is 9.28. The van der Waals surface area contributed by atoms with Gasteiger partial charge in [0.25, 0.3) is 0 Å². The van der Waals surface area contributed by atoms with E-state index < -0.39 is 12.1 Å². The topological polar surface area (TPSA) is 95.9 Å². The van der Waals surface area contributed by atoms with Crippen molar-refractivity contribution >= 4 is 18.0 Å². The average Bonchev–Trinajstić information content (AvgIpc) is 3.17. The van der Waals surface area contributed by atoms with E-state index in [-0.39, 0.29) is 49.9 Å². The fourth-order valence-corrected chi connectivity index (χ4v) is 5.36. The van der Waals surface area contributed by atoms with Gasteiger partial charge in [-0.3, -0.25) is 9.59 Å². The summed E-state index contributed by atoms with van der Waals surface area (Å²) in [7, 11) is 0. The summed E-state index contributed by atoms with van der Waals surface area (Å²) < 4.78 is 5.70. The molecule has 2 N–H and O–H groups in total. The summed E-state index contributed by atoms with van der Waals surface area (Å²) in [5, 5.41) is 12.1. The van der Waals surface area contributed by atoms with Crippen molar-refractivity contribution in [3.63, 3.8) is 0 Å². The Morgan fingerprint density at radius 3 is 2.29 bits per heavy atom. The fourth-order valence-electron chi connectivity index (χ4n) is 5.36. The van der Waals surface area contributed by atoms with Crippen LogP contribution in [0.2, 0.25) is 0 Å². The molecule has 2 aromatic rings. The van der Waals surface area contributed by atoms with Gasteiger partial charge in [0.2, 0.25) is 5.91 Å². The largest absolute Gasteiger partial charge is 0.480 e. The molecule has 0 radical (unpaired) electrons. The first-order valence-corrected chi connectivity index (χ1v) is 12.2. The molecular weight excluding hydrogens is 444 g/mol. The number of hydrogen-bond donors (Lipinski definition) is 2. The summed E-state index contributed by atoms with van der Waals surface area (Å²) in [6.07, 6.45) is 4.73. The summed E-state index contributed by atoms with van der Waals surface area (Å²) >= 11 is 0. The van der Waals surface area contributed by atoms with Gasteiger partial charge in [0.05, 0.1) is 0 Å². The Morgan fingerprint density at radius 2 is 1.66 bits per heavy atom. The van der Waals surface area contributed by atoms with E-state index in [1.165, 1.54) is 22.1 Å². The Bertz CT molecular complexity index is 1050. The number of carboxylic acids is 1. The first-order valence-electron chi connectivity index (χ1n) is 12.2. The van der Waals surface area contributed by atoms with E-state index in [0.717, 1.165) is 36.8 Å². The van der Waals surface area contributed by atoms with E-state index in [0.29, 0.717) is 0 Å². The highest BCUT2D eigenvalue weighted by atomic mass is 16.5. The molecule has 0 unspecified atom stereocenters. The lowest BCUT2D eigenvalue weighted by atomic mass is 9.82. The number of aliphatic carboxylic acids is 1. The SMILES string of the molecule is C=CCN(CC(=O)O)C(=O)C[C@@H]1CCCC[C@@H]1NC(=O)OCC1c2ccccc2-c2ccccc21. The lowest BCUT2D eigenvalue weighted by Gasteiger charge is -2.33. The van der Waals surface area contributed by atoms with Crippen molar-refractivity contribution in [1.82, 2.24) is 10.2 Å². The molecule has 0 aromatic heterocycles. The summed E-state index contributed by atoms with van der Waals surface area (Å²) in [5.74, 6) is -1.37. The third-order valence-electron chi connectivity index (χ3n) is 7.02. The van der Waals surface area contributed by atoms with Gasteiger partial charge in [-0.15, -0.1) is 6.58 Å². The lowest BCUT2D eigenvalue weighted by Crippen LogP contribution is -2.45. The summed E-state index contributed by atoms with van der Waals surface area (Å²) in [6.45, 7) is 3.67. The van der Waals surface area contributed by atoms with Crippen LogP contribution in [0.5, 0.6) is 0 Å². The van der Waals surface area contributed by atoms with Gasteiger partial charge < -0.3 is 20.1 Å². The van der Waals surface area contributed by atoms with E-state index in [1.807, 2.05) is 24.3 Å². The monoisotopic (exact) mass is 476 g/mol. The second-order valence-electron chi connectivity index (χ2n) is 9.28. The van der Waals surface area contributed by atoms with E-state index in [2.05, 4.69) is 36.2 Å². The summed E-state index contributed by atoms with van der Waals surface area (Å²) in [6, 6.07) is 16.2. The molecule has 1 saturated carbocycles. The number of ether oxygens (including phenoxy) is 1. The normalized spacial score (nSPS) is 18.7. The van der Waals surface area contributed by atoms with E-state index in [1.54, 1.807) is 0 Å². The molecule has 0 spiro atoms. The van der Waals surface area contributed by atoms with Gasteiger partial charge in [0.15, 0.2) is 0 Å². The molecule has 0 heterocycles. The van der Waals surface area contributed by atoms with Gasteiger partial charge >= 0.3 is 12.1 Å². The van der Waals surface area contributed by atoms with Crippen LogP contribution in [0.4, 0.5) is 4.79 Å². The highest BCUT2D eigenvalue weighted by Crippen LogP contribution is 2.44. The van der Waals surface area contributed by atoms with Gasteiger partial charge in [0.1, 0.15) is 13.2 Å². The first-order chi connectivity index (χ1) is 17.0. The van der Waals surface area contributed by atoms with Crippen LogP contribution in [0, 0.1) is 5.92 Å². The maximum atomic E-state index is 12.8. The Balaban J connectivity index is 1.37. The van der Waals surface area contributed by atoms with Gasteiger partial charge in [-0.25, -0.2) is 4.79 Å². The number of rotatable bonds is 9. The van der Waals surface area contributed by atoms with E-state index in [4.69, 9.17) is 9.84 Å². The molecule has 0 bridgehead atoms. The Labute approximate surface area is 205 Å². The van der Waals surface area contributed by atoms with Crippen molar-refractivity contribution in [3.8, 4) is 11.1 Å². The number of nitrogens with zero attached hydrogens (tertiary/aromatic N) is 1. The first kappa shape index (κ1) is 24.5. The Hall–Kier alpha value is -3.61. The van der Waals surface area contributed by atoms with Crippen molar-refractivity contribution in [3.05, 3.63) is 72.3 Å². The quantitative estimate of drug-likeness (QED) is 0.517. The van der Waals surface area contributed by atoms with Gasteiger partial charge in [0, 0.05) is 24.9 Å². The predicted molar refractivity (Wildman–Crippen MR) is 133 cm³/mol. The summed E-state index contributed by atoms with van der Waals surface area (Å²) in [4.78, 5) is 38.0. The molecular formula is C28H32N2O5. The molecule has 7 heteroatoms. The van der Waals surface area contributed by atoms with Crippen molar-refractivity contribution in [2.24, 2.45) is 5.92 Å². The van der Waals surface area contributed by atoms with Crippen molar-refractivity contribution in [1.29, 1.82) is 0 Å². The van der Waals surface area contributed by atoms with Crippen LogP contribution >= 0.6 is 0 Å². The molecule has 2 atom stereocenters. The zero-order valence-corrected chi connectivity index (χ0v) is 19.8. The zero-order valence-electron chi connectivity index (χ0n) is 19.8. The number of carbonyl (C=O) groups excluding carboxylic acids is 2. The minimum atomic E-state index is -1.06. The number of fused-ring (bicyclic) bond motifs is 3. The van der Waals surface area contributed by atoms with Gasteiger partial charge in [-0.05, 0) is 41.0 Å². The molecule has 2 amide bonds. The number of alkyl carbamates (subject to hydrolysis) is 1. The van der Waals surface area contributed by atoms with Crippen LogP contribution in [0.1, 0.15) is 49.1 Å². The maximum absolute atomic E-state index is 12.8. The molecule has 35 heavy (non-hydrogen) atoms. The average molecular weight is 477 g/mol. The van der Waals surface area contributed by atoms with Crippen LogP contribution in [0.3, 0.4) is 0 Å². The number of hydrogen-bond acceptors (Lipinski definition) is 4. The summed E-state index contributed by atoms with van der Waals surface area (Å²) in [5.41, 5.74) is 4.66. The number of carboxylic acid groups (broad SMARTS) is 1. The molecule has 2 aromatic carbocycles. The minimum Gasteiger partial charge on any atom is -0.480 e. The van der Waals surface area contributed by atoms with Crippen LogP contribution in [0.15, 0.2) is 61.2 Å². The Morgan fingerprint density at radius 1 is 1.03 bits per heavy atom. The van der Waals surface area contributed by atoms with Crippen LogP contribution in [0.25, 0.3) is 11.1 Å². The fraction of sp³-hybridized carbons (Fsp3) is 0.393. The minimum absolute atomic E-state index is 0.0136. The molecule has 2 aliphatic rings. The van der Waals surface area contributed by atoms with Crippen molar-refractivity contribution in [2.45, 2.75) is 44.1 Å². The second kappa shape index (κ2) is 11.2. The molecule has 0 aliphatic heterocycles. The van der Waals surface area contributed by atoms with Crippen LogP contribution < -0.4 is 5.32 Å². The Kier molecular flexibility index (Phi) is 7.85. The number of amides is 2. The van der Waals surface area contributed by atoms with E-state index >= 15 is 0 Å². The maximum Gasteiger partial charge on any atom is 0.407 e. The predicted octanol–water partition coefficient (Wildman–Crippen LogP) is 4.57. The van der Waals surface area contributed by atoms with Crippen LogP contribution in [-0.2, 0) is 14.3 Å². The third-order valence-corrected chi connectivity index (χ3v) is 7.02. The molecule has 2 aliphatic carbocycles. The molecule has 184 valence electrons. The number of nitrogens with one attached hydrogen (secondary N) is 1. The van der Waals surface area contributed by atoms with Gasteiger partial charge in [-0.1, -0.05) is 67.4 Å². The van der Waals surface area contributed by atoms with Crippen molar-refractivity contribution < 1.29 is 24.2 Å². The van der Waals surface area contributed by atoms with Crippen LogP contribution in [-0.4, -0.2) is 53.7 Å². The highest BCUT2D eigenvalue weighted by molar-refractivity contribution is 5.82. The number of benzene rings is 2. The smallest absolute Gasteiger partial charge is 0.407 e. The lowest BCUT2D eigenvalue weighted by molar-refractivity contribution is -0.144. The molecule has 0 saturated heterocycles. The molecule has 1 fully saturated rings. The molecule has 4 rings (SSSR count). The molecule has 7 nitrogen and oxygen atoms in total. The number of carbonyl (C=O) groups is 3.